The molecule has 1 aromatic carbocycles. The standard InChI is InChI=1S/C22H22N8O/c1-16-3-2-4-17(11-16)14-25-27-20-13-22(29-7-9-31-10-8-29)30-21(26-20)12-18(28-30)19-15-23-5-6-24-19/h2-6,11-15H,7-10H2,1H3,(H,26,27)/b25-14+. The predicted octanol–water partition coefficient (Wildman–Crippen LogP) is 2.78. The Morgan fingerprint density at radius 3 is 2.81 bits per heavy atom. The number of nitrogens with one attached hydrogen (secondary N) is 1. The molecule has 0 saturated carbocycles. The quantitative estimate of drug-likeness (QED) is 0.396. The van der Waals surface area contributed by atoms with Crippen molar-refractivity contribution in [2.75, 3.05) is 36.6 Å². The molecule has 156 valence electrons. The summed E-state index contributed by atoms with van der Waals surface area (Å²) in [6.45, 7) is 4.98. The van der Waals surface area contributed by atoms with Gasteiger partial charge in [0.05, 0.1) is 25.6 Å². The monoisotopic (exact) mass is 414 g/mol. The van der Waals surface area contributed by atoms with Crippen LogP contribution < -0.4 is 10.3 Å². The summed E-state index contributed by atoms with van der Waals surface area (Å²) in [5, 5.41) is 9.12. The van der Waals surface area contributed by atoms with Gasteiger partial charge in [0.25, 0.3) is 0 Å². The van der Waals surface area contributed by atoms with E-state index in [1.165, 1.54) is 5.56 Å². The Labute approximate surface area is 179 Å². The molecule has 0 amide bonds. The van der Waals surface area contributed by atoms with E-state index in [2.05, 4.69) is 44.5 Å². The molecule has 1 aliphatic heterocycles. The van der Waals surface area contributed by atoms with Gasteiger partial charge in [-0.1, -0.05) is 29.8 Å². The highest BCUT2D eigenvalue weighted by Crippen LogP contribution is 2.24. The number of aromatic nitrogens is 5. The van der Waals surface area contributed by atoms with Crippen LogP contribution in [0, 0.1) is 6.92 Å². The van der Waals surface area contributed by atoms with Gasteiger partial charge in [0, 0.05) is 37.6 Å². The number of nitrogens with zero attached hydrogens (tertiary/aromatic N) is 7. The van der Waals surface area contributed by atoms with Crippen molar-refractivity contribution in [1.82, 2.24) is 24.6 Å². The van der Waals surface area contributed by atoms with Crippen molar-refractivity contribution in [2.24, 2.45) is 5.10 Å². The summed E-state index contributed by atoms with van der Waals surface area (Å²) in [7, 11) is 0. The summed E-state index contributed by atoms with van der Waals surface area (Å²) in [4.78, 5) is 15.4. The Balaban J connectivity index is 1.50. The normalized spacial score (nSPS) is 14.4. The van der Waals surface area contributed by atoms with Crippen molar-refractivity contribution in [3.8, 4) is 11.4 Å². The first-order chi connectivity index (χ1) is 15.3. The third kappa shape index (κ3) is 4.22. The van der Waals surface area contributed by atoms with Gasteiger partial charge < -0.3 is 9.64 Å². The van der Waals surface area contributed by atoms with E-state index in [-0.39, 0.29) is 0 Å². The van der Waals surface area contributed by atoms with E-state index < -0.39 is 0 Å². The average molecular weight is 414 g/mol. The molecule has 0 bridgehead atoms. The zero-order valence-corrected chi connectivity index (χ0v) is 17.1. The van der Waals surface area contributed by atoms with E-state index in [1.54, 1.807) is 24.8 Å². The molecule has 0 atom stereocenters. The fourth-order valence-electron chi connectivity index (χ4n) is 3.51. The van der Waals surface area contributed by atoms with Crippen LogP contribution in [0.25, 0.3) is 17.0 Å². The van der Waals surface area contributed by atoms with Crippen LogP contribution in [-0.2, 0) is 4.74 Å². The van der Waals surface area contributed by atoms with E-state index >= 15 is 0 Å². The molecule has 1 fully saturated rings. The van der Waals surface area contributed by atoms with Crippen LogP contribution in [0.1, 0.15) is 11.1 Å². The summed E-state index contributed by atoms with van der Waals surface area (Å²) >= 11 is 0. The molecule has 0 aliphatic carbocycles. The van der Waals surface area contributed by atoms with Gasteiger partial charge in [-0.05, 0) is 12.5 Å². The van der Waals surface area contributed by atoms with Crippen LogP contribution in [0.15, 0.2) is 60.1 Å². The van der Waals surface area contributed by atoms with E-state index in [4.69, 9.17) is 14.8 Å². The van der Waals surface area contributed by atoms with Gasteiger partial charge in [0.1, 0.15) is 17.2 Å². The molecular formula is C22H22N8O. The lowest BCUT2D eigenvalue weighted by atomic mass is 10.2. The number of aryl methyl sites for hydroxylation is 1. The number of hydrazone groups is 1. The lowest BCUT2D eigenvalue weighted by molar-refractivity contribution is 0.122. The topological polar surface area (TPSA) is 92.8 Å². The maximum Gasteiger partial charge on any atom is 0.160 e. The second-order valence-electron chi connectivity index (χ2n) is 7.27. The molecule has 0 radical (unpaired) electrons. The second-order valence-corrected chi connectivity index (χ2v) is 7.27. The maximum atomic E-state index is 5.52. The van der Waals surface area contributed by atoms with E-state index in [9.17, 15) is 0 Å². The molecule has 3 aromatic heterocycles. The summed E-state index contributed by atoms with van der Waals surface area (Å²) in [5.74, 6) is 1.57. The van der Waals surface area contributed by atoms with Gasteiger partial charge in [-0.25, -0.2) is 4.98 Å². The molecule has 4 heterocycles. The first kappa shape index (κ1) is 19.1. The third-order valence-electron chi connectivity index (χ3n) is 5.00. The summed E-state index contributed by atoms with van der Waals surface area (Å²) < 4.78 is 7.36. The van der Waals surface area contributed by atoms with E-state index in [0.29, 0.717) is 30.4 Å². The van der Waals surface area contributed by atoms with Crippen molar-refractivity contribution >= 4 is 23.5 Å². The van der Waals surface area contributed by atoms with Gasteiger partial charge in [0.15, 0.2) is 11.5 Å². The van der Waals surface area contributed by atoms with Crippen LogP contribution in [0.4, 0.5) is 11.6 Å². The largest absolute Gasteiger partial charge is 0.378 e. The molecule has 31 heavy (non-hydrogen) atoms. The molecule has 9 heteroatoms. The number of rotatable bonds is 5. The van der Waals surface area contributed by atoms with Crippen LogP contribution in [0.3, 0.4) is 0 Å². The molecule has 0 unspecified atom stereocenters. The number of morpholine rings is 1. The number of ether oxygens (including phenoxy) is 1. The number of anilines is 2. The smallest absolute Gasteiger partial charge is 0.160 e. The van der Waals surface area contributed by atoms with Crippen molar-refractivity contribution in [3.63, 3.8) is 0 Å². The van der Waals surface area contributed by atoms with Crippen molar-refractivity contribution in [3.05, 3.63) is 66.1 Å². The van der Waals surface area contributed by atoms with Gasteiger partial charge in [-0.2, -0.15) is 14.7 Å². The molecule has 0 spiro atoms. The van der Waals surface area contributed by atoms with Crippen LogP contribution >= 0.6 is 0 Å². The Kier molecular flexibility index (Phi) is 5.24. The number of hydrogen-bond donors (Lipinski definition) is 1. The van der Waals surface area contributed by atoms with E-state index in [1.807, 2.05) is 28.8 Å². The molecule has 1 aliphatic rings. The van der Waals surface area contributed by atoms with Crippen LogP contribution in [0.2, 0.25) is 0 Å². The Hall–Kier alpha value is -3.85. The number of hydrogen-bond acceptors (Lipinski definition) is 8. The summed E-state index contributed by atoms with van der Waals surface area (Å²) in [6, 6.07) is 12.0. The van der Waals surface area contributed by atoms with Gasteiger partial charge in [0.2, 0.25) is 0 Å². The first-order valence-corrected chi connectivity index (χ1v) is 10.1. The molecular weight excluding hydrogens is 392 g/mol. The van der Waals surface area contributed by atoms with Crippen molar-refractivity contribution in [1.29, 1.82) is 0 Å². The predicted molar refractivity (Wildman–Crippen MR) is 119 cm³/mol. The highest BCUT2D eigenvalue weighted by atomic mass is 16.5. The fourth-order valence-corrected chi connectivity index (χ4v) is 3.51. The highest BCUT2D eigenvalue weighted by Gasteiger charge is 2.18. The average Bonchev–Trinajstić information content (AvgIpc) is 3.24. The molecule has 1 N–H and O–H groups in total. The number of benzene rings is 1. The SMILES string of the molecule is Cc1cccc(/C=N/Nc2cc(N3CCOCC3)n3nc(-c4cnccn4)cc3n2)c1. The minimum absolute atomic E-state index is 0.642. The second kappa shape index (κ2) is 8.49. The van der Waals surface area contributed by atoms with Crippen molar-refractivity contribution in [2.45, 2.75) is 6.92 Å². The minimum Gasteiger partial charge on any atom is -0.378 e. The molecule has 4 aromatic rings. The Bertz CT molecular complexity index is 1210. The minimum atomic E-state index is 0.642. The molecule has 1 saturated heterocycles. The Morgan fingerprint density at radius 1 is 1.10 bits per heavy atom. The zero-order chi connectivity index (χ0) is 21.0. The van der Waals surface area contributed by atoms with Crippen molar-refractivity contribution < 1.29 is 4.74 Å². The summed E-state index contributed by atoms with van der Waals surface area (Å²) in [6.07, 6.45) is 6.78. The Morgan fingerprint density at radius 2 is 2.00 bits per heavy atom. The molecule has 5 rings (SSSR count). The van der Waals surface area contributed by atoms with E-state index in [0.717, 1.165) is 30.2 Å². The zero-order valence-electron chi connectivity index (χ0n) is 17.1. The first-order valence-electron chi connectivity index (χ1n) is 10.1. The molecule has 9 nitrogen and oxygen atoms in total. The van der Waals surface area contributed by atoms with Crippen LogP contribution in [0.5, 0.6) is 0 Å². The lowest BCUT2D eigenvalue weighted by Crippen LogP contribution is -2.37. The third-order valence-corrected chi connectivity index (χ3v) is 5.00. The lowest BCUT2D eigenvalue weighted by Gasteiger charge is -2.29. The maximum absolute atomic E-state index is 5.52. The van der Waals surface area contributed by atoms with Crippen LogP contribution in [-0.4, -0.2) is 57.1 Å². The number of fused-ring (bicyclic) bond motifs is 1. The van der Waals surface area contributed by atoms with Gasteiger partial charge in [-0.15, -0.1) is 0 Å². The summed E-state index contributed by atoms with van der Waals surface area (Å²) in [5.41, 5.74) is 7.40. The van der Waals surface area contributed by atoms with Gasteiger partial charge in [-0.3, -0.25) is 15.4 Å². The fraction of sp³-hybridized carbons (Fsp3) is 0.227. The van der Waals surface area contributed by atoms with Gasteiger partial charge >= 0.3 is 0 Å². The highest BCUT2D eigenvalue weighted by molar-refractivity contribution is 5.80.